The number of aromatic nitrogens is 4. The minimum atomic E-state index is 0.350. The van der Waals surface area contributed by atoms with Gasteiger partial charge in [-0.05, 0) is 57.2 Å². The van der Waals surface area contributed by atoms with E-state index in [1.165, 1.54) is 0 Å². The van der Waals surface area contributed by atoms with Gasteiger partial charge in [-0.25, -0.2) is 0 Å². The number of pyridine rings is 2. The maximum atomic E-state index is 5.91. The number of nitrogens with one attached hydrogen (secondary N) is 3. The molecule has 10 heteroatoms. The van der Waals surface area contributed by atoms with Crippen LogP contribution in [0.3, 0.4) is 0 Å². The highest BCUT2D eigenvalue weighted by Gasteiger charge is 2.17. The summed E-state index contributed by atoms with van der Waals surface area (Å²) in [6, 6.07) is 17.2. The lowest BCUT2D eigenvalue weighted by Crippen LogP contribution is -2.10. The van der Waals surface area contributed by atoms with E-state index in [0.29, 0.717) is 29.9 Å². The standard InChI is InChI=1S/C26H27N9O/c1-4-36-23-24(34-32-18(2)20-10-14-27-15-11-20)30-26(29-22-8-6-5-7-9-22)31-25(23)35-33-19(3)21-12-16-28-17-13-21/h5-17H,4H2,1-3H3,(H3,29,30,31,34,35). The van der Waals surface area contributed by atoms with Gasteiger partial charge in [-0.15, -0.1) is 0 Å². The molecule has 3 N–H and O–H groups in total. The molecule has 0 aliphatic rings. The Hall–Kier alpha value is -4.86. The third kappa shape index (κ3) is 6.38. The van der Waals surface area contributed by atoms with Crippen molar-refractivity contribution in [3.63, 3.8) is 0 Å². The van der Waals surface area contributed by atoms with E-state index in [-0.39, 0.29) is 0 Å². The molecule has 1 aromatic carbocycles. The quantitative estimate of drug-likeness (QED) is 0.212. The smallest absolute Gasteiger partial charge is 0.231 e. The Morgan fingerprint density at radius 3 is 1.72 bits per heavy atom. The van der Waals surface area contributed by atoms with E-state index < -0.39 is 0 Å². The molecule has 4 rings (SSSR count). The molecule has 0 fully saturated rings. The van der Waals surface area contributed by atoms with Crippen molar-refractivity contribution in [1.82, 2.24) is 19.9 Å². The Kier molecular flexibility index (Phi) is 8.10. The van der Waals surface area contributed by atoms with E-state index in [4.69, 9.17) is 4.74 Å². The molecular formula is C26H27N9O. The zero-order chi connectivity index (χ0) is 25.2. The van der Waals surface area contributed by atoms with E-state index in [0.717, 1.165) is 28.2 Å². The molecule has 0 saturated carbocycles. The predicted molar refractivity (Wildman–Crippen MR) is 143 cm³/mol. The number of hydrogen-bond donors (Lipinski definition) is 3. The summed E-state index contributed by atoms with van der Waals surface area (Å²) < 4.78 is 5.91. The van der Waals surface area contributed by atoms with Gasteiger partial charge in [0.2, 0.25) is 11.7 Å². The largest absolute Gasteiger partial charge is 0.487 e. The summed E-state index contributed by atoms with van der Waals surface area (Å²) in [6.45, 7) is 6.09. The van der Waals surface area contributed by atoms with Crippen LogP contribution in [-0.2, 0) is 0 Å². The molecule has 0 saturated heterocycles. The van der Waals surface area contributed by atoms with Crippen molar-refractivity contribution in [2.75, 3.05) is 22.8 Å². The summed E-state index contributed by atoms with van der Waals surface area (Å²) in [5, 5.41) is 12.2. The third-order valence-electron chi connectivity index (χ3n) is 5.04. The first-order chi connectivity index (χ1) is 17.6. The van der Waals surface area contributed by atoms with Gasteiger partial charge in [-0.3, -0.25) is 20.8 Å². The van der Waals surface area contributed by atoms with Crippen LogP contribution in [0.2, 0.25) is 0 Å². The van der Waals surface area contributed by atoms with Gasteiger partial charge in [-0.2, -0.15) is 20.2 Å². The fraction of sp³-hybridized carbons (Fsp3) is 0.154. The average molecular weight is 482 g/mol. The minimum absolute atomic E-state index is 0.350. The van der Waals surface area contributed by atoms with Crippen molar-refractivity contribution in [3.05, 3.63) is 90.5 Å². The molecule has 0 radical (unpaired) electrons. The molecule has 3 heterocycles. The van der Waals surface area contributed by atoms with Crippen LogP contribution in [0.15, 0.2) is 89.6 Å². The maximum absolute atomic E-state index is 5.91. The topological polar surface area (TPSA) is 122 Å². The molecule has 0 unspecified atom stereocenters. The Labute approximate surface area is 209 Å². The third-order valence-corrected chi connectivity index (χ3v) is 5.04. The van der Waals surface area contributed by atoms with Gasteiger partial charge in [0.05, 0.1) is 18.0 Å². The molecule has 182 valence electrons. The highest BCUT2D eigenvalue weighted by Crippen LogP contribution is 2.33. The second kappa shape index (κ2) is 12.0. The van der Waals surface area contributed by atoms with Gasteiger partial charge in [-0.1, -0.05) is 18.2 Å². The highest BCUT2D eigenvalue weighted by molar-refractivity contribution is 5.99. The van der Waals surface area contributed by atoms with E-state index in [2.05, 4.69) is 46.3 Å². The first kappa shape index (κ1) is 24.3. The maximum Gasteiger partial charge on any atom is 0.231 e. The van der Waals surface area contributed by atoms with Gasteiger partial charge >= 0.3 is 0 Å². The Balaban J connectivity index is 1.71. The molecule has 4 aromatic rings. The number of para-hydroxylation sites is 1. The lowest BCUT2D eigenvalue weighted by molar-refractivity contribution is 0.341. The van der Waals surface area contributed by atoms with Crippen molar-refractivity contribution in [3.8, 4) is 5.75 Å². The fourth-order valence-electron chi connectivity index (χ4n) is 3.18. The van der Waals surface area contributed by atoms with Gasteiger partial charge in [0.15, 0.2) is 11.6 Å². The van der Waals surface area contributed by atoms with Crippen LogP contribution < -0.4 is 20.9 Å². The molecule has 36 heavy (non-hydrogen) atoms. The Morgan fingerprint density at radius 2 is 1.25 bits per heavy atom. The number of anilines is 4. The number of hydrazone groups is 2. The van der Waals surface area contributed by atoms with E-state index in [9.17, 15) is 0 Å². The monoisotopic (exact) mass is 481 g/mol. The summed E-state index contributed by atoms with van der Waals surface area (Å²) >= 11 is 0. The van der Waals surface area contributed by atoms with Gasteiger partial charge in [0.25, 0.3) is 0 Å². The van der Waals surface area contributed by atoms with Crippen molar-refractivity contribution in [1.29, 1.82) is 0 Å². The van der Waals surface area contributed by atoms with Crippen LogP contribution in [-0.4, -0.2) is 38.0 Å². The van der Waals surface area contributed by atoms with E-state index in [1.54, 1.807) is 24.8 Å². The van der Waals surface area contributed by atoms with Crippen LogP contribution >= 0.6 is 0 Å². The van der Waals surface area contributed by atoms with Crippen molar-refractivity contribution in [2.24, 2.45) is 10.2 Å². The Bertz CT molecular complexity index is 1250. The SMILES string of the molecule is CCOc1c(NN=C(C)c2ccncc2)nc(Nc2ccccc2)nc1NN=C(C)c1ccncc1. The number of ether oxygens (including phenoxy) is 1. The average Bonchev–Trinajstić information content (AvgIpc) is 2.93. The van der Waals surface area contributed by atoms with Crippen molar-refractivity contribution >= 4 is 34.7 Å². The zero-order valence-electron chi connectivity index (χ0n) is 20.3. The second-order valence-corrected chi connectivity index (χ2v) is 7.59. The molecule has 0 amide bonds. The summed E-state index contributed by atoms with van der Waals surface area (Å²) in [4.78, 5) is 17.4. The highest BCUT2D eigenvalue weighted by atomic mass is 16.5. The number of nitrogens with zero attached hydrogens (tertiary/aromatic N) is 6. The molecule has 0 aliphatic heterocycles. The number of hydrogen-bond acceptors (Lipinski definition) is 10. The lowest BCUT2D eigenvalue weighted by Gasteiger charge is -2.15. The van der Waals surface area contributed by atoms with E-state index >= 15 is 0 Å². The van der Waals surface area contributed by atoms with Crippen LogP contribution in [0.4, 0.5) is 23.3 Å². The van der Waals surface area contributed by atoms with Gasteiger partial charge < -0.3 is 10.1 Å². The molecule has 3 aromatic heterocycles. The summed E-state index contributed by atoms with van der Waals surface area (Å²) in [5.74, 6) is 1.52. The van der Waals surface area contributed by atoms with Crippen LogP contribution in [0.5, 0.6) is 5.75 Å². The van der Waals surface area contributed by atoms with Crippen LogP contribution in [0.1, 0.15) is 31.9 Å². The summed E-state index contributed by atoms with van der Waals surface area (Å²) in [7, 11) is 0. The first-order valence-electron chi connectivity index (χ1n) is 11.4. The predicted octanol–water partition coefficient (Wildman–Crippen LogP) is 5.08. The molecule has 0 atom stereocenters. The minimum Gasteiger partial charge on any atom is -0.487 e. The molecule has 0 bridgehead atoms. The van der Waals surface area contributed by atoms with Crippen LogP contribution in [0.25, 0.3) is 0 Å². The lowest BCUT2D eigenvalue weighted by atomic mass is 10.2. The fourth-order valence-corrected chi connectivity index (χ4v) is 3.18. The Morgan fingerprint density at radius 1 is 0.750 bits per heavy atom. The summed E-state index contributed by atoms with van der Waals surface area (Å²) in [6.07, 6.45) is 6.88. The number of benzene rings is 1. The second-order valence-electron chi connectivity index (χ2n) is 7.59. The van der Waals surface area contributed by atoms with Crippen molar-refractivity contribution in [2.45, 2.75) is 20.8 Å². The first-order valence-corrected chi connectivity index (χ1v) is 11.4. The molecule has 10 nitrogen and oxygen atoms in total. The molecular weight excluding hydrogens is 454 g/mol. The number of rotatable bonds is 10. The van der Waals surface area contributed by atoms with Crippen LogP contribution in [0, 0.1) is 0 Å². The van der Waals surface area contributed by atoms with E-state index in [1.807, 2.05) is 75.4 Å². The van der Waals surface area contributed by atoms with Gasteiger partial charge in [0, 0.05) is 41.6 Å². The zero-order valence-corrected chi connectivity index (χ0v) is 20.3. The summed E-state index contributed by atoms with van der Waals surface area (Å²) in [5.41, 5.74) is 10.3. The molecule has 0 spiro atoms. The normalized spacial score (nSPS) is 11.6. The van der Waals surface area contributed by atoms with Gasteiger partial charge in [0.1, 0.15) is 0 Å². The molecule has 0 aliphatic carbocycles. The van der Waals surface area contributed by atoms with Crippen molar-refractivity contribution < 1.29 is 4.74 Å².